The Morgan fingerprint density at radius 1 is 0.857 bits per heavy atom. The minimum absolute atomic E-state index is 0.258. The van der Waals surface area contributed by atoms with Gasteiger partial charge in [0, 0.05) is 12.3 Å². The van der Waals surface area contributed by atoms with Crippen LogP contribution in [0.5, 0.6) is 0 Å². The molecule has 0 aromatic heterocycles. The molecule has 1 saturated heterocycles. The highest BCUT2D eigenvalue weighted by Gasteiger charge is 2.60. The molecule has 7 atom stereocenters. The van der Waals surface area contributed by atoms with Crippen LogP contribution >= 0.6 is 0 Å². The Kier molecular flexibility index (Phi) is 6.45. The van der Waals surface area contributed by atoms with Gasteiger partial charge in [-0.25, -0.2) is 0 Å². The lowest BCUT2D eigenvalue weighted by atomic mass is 9.47. The van der Waals surface area contributed by atoms with Crippen LogP contribution in [0.1, 0.15) is 133 Å². The van der Waals surface area contributed by atoms with Crippen molar-refractivity contribution in [3.05, 3.63) is 11.6 Å². The van der Waals surface area contributed by atoms with Crippen LogP contribution in [0.4, 0.5) is 0 Å². The standard InChI is InChI=1S/C33H56O2/c1-22(2)33(34-29(4,5)30(6,7)35-33)21-17-23(3)26-15-16-27-25-14-13-24-12-10-11-19-31(24,8)28(25)18-20-32(26,27)9/h13,22-23,25-28H,10-12,14-21H2,1-9H3. The highest BCUT2D eigenvalue weighted by Crippen LogP contribution is 2.67. The Morgan fingerprint density at radius 3 is 2.20 bits per heavy atom. The fourth-order valence-electron chi connectivity index (χ4n) is 10.1. The van der Waals surface area contributed by atoms with Gasteiger partial charge in [0.1, 0.15) is 0 Å². The van der Waals surface area contributed by atoms with Crippen molar-refractivity contribution in [2.75, 3.05) is 0 Å². The summed E-state index contributed by atoms with van der Waals surface area (Å²) in [5.41, 5.74) is 2.38. The number of rotatable bonds is 5. The summed E-state index contributed by atoms with van der Waals surface area (Å²) >= 11 is 0. The first-order valence-corrected chi connectivity index (χ1v) is 15.4. The van der Waals surface area contributed by atoms with E-state index in [4.69, 9.17) is 9.47 Å². The molecule has 0 bridgehead atoms. The molecule has 0 spiro atoms. The van der Waals surface area contributed by atoms with Gasteiger partial charge in [-0.1, -0.05) is 52.7 Å². The molecule has 0 radical (unpaired) electrons. The van der Waals surface area contributed by atoms with Gasteiger partial charge in [0.15, 0.2) is 5.79 Å². The van der Waals surface area contributed by atoms with Crippen molar-refractivity contribution in [3.63, 3.8) is 0 Å². The third-order valence-corrected chi connectivity index (χ3v) is 12.9. The van der Waals surface area contributed by atoms with Gasteiger partial charge in [-0.15, -0.1) is 0 Å². The second kappa shape index (κ2) is 8.59. The molecular weight excluding hydrogens is 428 g/mol. The lowest BCUT2D eigenvalue weighted by molar-refractivity contribution is -0.225. The van der Waals surface area contributed by atoms with Crippen molar-refractivity contribution in [1.82, 2.24) is 0 Å². The lowest BCUT2D eigenvalue weighted by Crippen LogP contribution is -2.50. The summed E-state index contributed by atoms with van der Waals surface area (Å²) in [5, 5.41) is 0. The fraction of sp³-hybridized carbons (Fsp3) is 0.939. The Balaban J connectivity index is 1.30. The second-order valence-corrected chi connectivity index (χ2v) is 15.4. The van der Waals surface area contributed by atoms with Crippen LogP contribution in [0.15, 0.2) is 11.6 Å². The van der Waals surface area contributed by atoms with Crippen LogP contribution in [0, 0.1) is 46.3 Å². The maximum Gasteiger partial charge on any atom is 0.172 e. The number of allylic oxidation sites excluding steroid dienone is 2. The number of fused-ring (bicyclic) bond motifs is 5. The van der Waals surface area contributed by atoms with Gasteiger partial charge < -0.3 is 9.47 Å². The van der Waals surface area contributed by atoms with Crippen molar-refractivity contribution in [2.45, 2.75) is 150 Å². The van der Waals surface area contributed by atoms with E-state index in [0.717, 1.165) is 36.0 Å². The summed E-state index contributed by atoms with van der Waals surface area (Å²) < 4.78 is 13.5. The lowest BCUT2D eigenvalue weighted by Gasteiger charge is -2.58. The van der Waals surface area contributed by atoms with Crippen LogP contribution in [-0.4, -0.2) is 17.0 Å². The number of ether oxygens (including phenoxy) is 2. The molecule has 3 saturated carbocycles. The zero-order valence-corrected chi connectivity index (χ0v) is 24.6. The monoisotopic (exact) mass is 484 g/mol. The molecule has 0 aromatic rings. The van der Waals surface area contributed by atoms with Crippen LogP contribution in [-0.2, 0) is 9.47 Å². The first-order chi connectivity index (χ1) is 16.3. The normalized spacial score (nSPS) is 44.3. The molecule has 5 rings (SSSR count). The average molecular weight is 485 g/mol. The fourth-order valence-corrected chi connectivity index (χ4v) is 10.1. The zero-order valence-electron chi connectivity index (χ0n) is 24.6. The Hall–Kier alpha value is -0.340. The Labute approximate surface area is 217 Å². The first kappa shape index (κ1) is 26.3. The molecule has 2 nitrogen and oxygen atoms in total. The molecule has 35 heavy (non-hydrogen) atoms. The minimum atomic E-state index is -0.446. The zero-order chi connectivity index (χ0) is 25.4. The molecule has 0 aromatic carbocycles. The third-order valence-electron chi connectivity index (χ3n) is 12.9. The van der Waals surface area contributed by atoms with Gasteiger partial charge in [-0.2, -0.15) is 0 Å². The molecule has 7 unspecified atom stereocenters. The molecule has 4 fully saturated rings. The quantitative estimate of drug-likeness (QED) is 0.362. The predicted octanol–water partition coefficient (Wildman–Crippen LogP) is 9.33. The average Bonchev–Trinajstić information content (AvgIpc) is 3.22. The second-order valence-electron chi connectivity index (χ2n) is 15.4. The molecule has 0 N–H and O–H groups in total. The molecule has 200 valence electrons. The third kappa shape index (κ3) is 3.93. The first-order valence-electron chi connectivity index (χ1n) is 15.4. The maximum atomic E-state index is 6.76. The van der Waals surface area contributed by atoms with Crippen LogP contribution in [0.2, 0.25) is 0 Å². The van der Waals surface area contributed by atoms with Crippen molar-refractivity contribution in [2.24, 2.45) is 46.3 Å². The van der Waals surface area contributed by atoms with E-state index in [9.17, 15) is 0 Å². The maximum absolute atomic E-state index is 6.76. The van der Waals surface area contributed by atoms with E-state index in [1.54, 1.807) is 0 Å². The molecule has 1 heterocycles. The predicted molar refractivity (Wildman–Crippen MR) is 146 cm³/mol. The van der Waals surface area contributed by atoms with Crippen molar-refractivity contribution in [1.29, 1.82) is 0 Å². The van der Waals surface area contributed by atoms with Gasteiger partial charge in [-0.3, -0.25) is 0 Å². The van der Waals surface area contributed by atoms with Crippen LogP contribution in [0.3, 0.4) is 0 Å². The largest absolute Gasteiger partial charge is 0.341 e. The van der Waals surface area contributed by atoms with Crippen molar-refractivity contribution >= 4 is 0 Å². The summed E-state index contributed by atoms with van der Waals surface area (Å²) in [6.07, 6.45) is 17.9. The van der Waals surface area contributed by atoms with E-state index in [1.807, 2.05) is 5.57 Å². The van der Waals surface area contributed by atoms with Gasteiger partial charge in [0.05, 0.1) is 11.2 Å². The van der Waals surface area contributed by atoms with E-state index in [-0.39, 0.29) is 11.2 Å². The summed E-state index contributed by atoms with van der Waals surface area (Å²) in [6.45, 7) is 21.3. The molecule has 4 aliphatic carbocycles. The van der Waals surface area contributed by atoms with E-state index < -0.39 is 5.79 Å². The molecule has 1 aliphatic heterocycles. The van der Waals surface area contributed by atoms with Gasteiger partial charge >= 0.3 is 0 Å². The SMILES string of the molecule is CC(CCC1(C(C)C)OC(C)(C)C(C)(C)O1)C1CCC2C3CC=C4CCCCC4(C)C3CCC12C. The van der Waals surface area contributed by atoms with E-state index >= 15 is 0 Å². The summed E-state index contributed by atoms with van der Waals surface area (Å²) in [6, 6.07) is 0. The van der Waals surface area contributed by atoms with Gasteiger partial charge in [0.2, 0.25) is 0 Å². The highest BCUT2D eigenvalue weighted by molar-refractivity contribution is 5.24. The molecule has 0 amide bonds. The topological polar surface area (TPSA) is 18.5 Å². The molecule has 5 aliphatic rings. The van der Waals surface area contributed by atoms with E-state index in [0.29, 0.717) is 16.7 Å². The number of hydrogen-bond acceptors (Lipinski definition) is 2. The van der Waals surface area contributed by atoms with E-state index in [1.165, 1.54) is 64.2 Å². The molecular formula is C33H56O2. The van der Waals surface area contributed by atoms with Gasteiger partial charge in [-0.05, 0) is 126 Å². The summed E-state index contributed by atoms with van der Waals surface area (Å²) in [4.78, 5) is 0. The number of hydrogen-bond donors (Lipinski definition) is 0. The summed E-state index contributed by atoms with van der Waals surface area (Å²) in [7, 11) is 0. The van der Waals surface area contributed by atoms with Crippen LogP contribution in [0.25, 0.3) is 0 Å². The Bertz CT molecular complexity index is 820. The minimum Gasteiger partial charge on any atom is -0.341 e. The summed E-state index contributed by atoms with van der Waals surface area (Å²) in [5.74, 6) is 4.31. The van der Waals surface area contributed by atoms with Crippen molar-refractivity contribution < 1.29 is 9.47 Å². The molecule has 2 heteroatoms. The van der Waals surface area contributed by atoms with E-state index in [2.05, 4.69) is 68.4 Å². The Morgan fingerprint density at radius 2 is 1.54 bits per heavy atom. The van der Waals surface area contributed by atoms with Crippen LogP contribution < -0.4 is 0 Å². The smallest absolute Gasteiger partial charge is 0.172 e. The van der Waals surface area contributed by atoms with Gasteiger partial charge in [0.25, 0.3) is 0 Å². The highest BCUT2D eigenvalue weighted by atomic mass is 16.8. The van der Waals surface area contributed by atoms with Crippen molar-refractivity contribution in [3.8, 4) is 0 Å².